The number of rotatable bonds is 2. The SMILES string of the molecule is Cc1cccc(C(=O)Nc2ccc(Cl)cn2)n1. The minimum atomic E-state index is -0.288. The van der Waals surface area contributed by atoms with E-state index >= 15 is 0 Å². The number of nitrogens with zero attached hydrogens (tertiary/aromatic N) is 2. The van der Waals surface area contributed by atoms with Crippen molar-refractivity contribution in [2.24, 2.45) is 0 Å². The lowest BCUT2D eigenvalue weighted by Crippen LogP contribution is -2.14. The smallest absolute Gasteiger partial charge is 0.275 e. The molecule has 0 aliphatic heterocycles. The van der Waals surface area contributed by atoms with Crippen LogP contribution in [0.15, 0.2) is 36.5 Å². The second kappa shape index (κ2) is 4.93. The van der Waals surface area contributed by atoms with Gasteiger partial charge in [0, 0.05) is 11.9 Å². The van der Waals surface area contributed by atoms with Crippen LogP contribution in [0.4, 0.5) is 5.82 Å². The van der Waals surface area contributed by atoms with Crippen LogP contribution in [0.25, 0.3) is 0 Å². The summed E-state index contributed by atoms with van der Waals surface area (Å²) in [5.74, 6) is 0.159. The summed E-state index contributed by atoms with van der Waals surface area (Å²) in [6.45, 7) is 1.83. The Morgan fingerprint density at radius 2 is 2.12 bits per heavy atom. The van der Waals surface area contributed by atoms with Crippen LogP contribution in [-0.4, -0.2) is 15.9 Å². The van der Waals surface area contributed by atoms with Crippen LogP contribution in [-0.2, 0) is 0 Å². The molecule has 0 saturated carbocycles. The molecule has 5 heteroatoms. The van der Waals surface area contributed by atoms with Crippen molar-refractivity contribution in [3.05, 3.63) is 52.9 Å². The number of pyridine rings is 2. The van der Waals surface area contributed by atoms with Gasteiger partial charge in [0.05, 0.1) is 5.02 Å². The van der Waals surface area contributed by atoms with E-state index < -0.39 is 0 Å². The lowest BCUT2D eigenvalue weighted by Gasteiger charge is -2.04. The van der Waals surface area contributed by atoms with Crippen LogP contribution in [0, 0.1) is 6.92 Å². The molecule has 1 N–H and O–H groups in total. The maximum Gasteiger partial charge on any atom is 0.275 e. The molecule has 0 aliphatic rings. The molecule has 2 heterocycles. The van der Waals surface area contributed by atoms with Gasteiger partial charge in [-0.1, -0.05) is 17.7 Å². The minimum Gasteiger partial charge on any atom is -0.305 e. The average molecular weight is 248 g/mol. The van der Waals surface area contributed by atoms with Crippen LogP contribution >= 0.6 is 11.6 Å². The molecule has 4 nitrogen and oxygen atoms in total. The lowest BCUT2D eigenvalue weighted by atomic mass is 10.3. The first-order valence-corrected chi connectivity index (χ1v) is 5.39. The van der Waals surface area contributed by atoms with Crippen molar-refractivity contribution in [3.63, 3.8) is 0 Å². The fourth-order valence-electron chi connectivity index (χ4n) is 1.30. The topological polar surface area (TPSA) is 54.9 Å². The second-order valence-corrected chi connectivity index (χ2v) is 3.92. The molecule has 0 spiro atoms. The van der Waals surface area contributed by atoms with Crippen molar-refractivity contribution in [3.8, 4) is 0 Å². The predicted octanol–water partition coefficient (Wildman–Crippen LogP) is 2.69. The van der Waals surface area contributed by atoms with Gasteiger partial charge < -0.3 is 5.32 Å². The van der Waals surface area contributed by atoms with Crippen molar-refractivity contribution in [1.29, 1.82) is 0 Å². The molecule has 86 valence electrons. The third-order valence-electron chi connectivity index (χ3n) is 2.09. The Morgan fingerprint density at radius 3 is 2.76 bits per heavy atom. The van der Waals surface area contributed by atoms with E-state index in [1.165, 1.54) is 6.20 Å². The standard InChI is InChI=1S/C12H10ClN3O/c1-8-3-2-4-10(15-8)12(17)16-11-6-5-9(13)7-14-11/h2-7H,1H3,(H,14,16,17). The predicted molar refractivity (Wildman–Crippen MR) is 66.2 cm³/mol. The maximum absolute atomic E-state index is 11.8. The molecule has 0 fully saturated rings. The fourth-order valence-corrected chi connectivity index (χ4v) is 1.41. The van der Waals surface area contributed by atoms with E-state index in [1.807, 2.05) is 13.0 Å². The van der Waals surface area contributed by atoms with Gasteiger partial charge in [0.1, 0.15) is 11.5 Å². The highest BCUT2D eigenvalue weighted by molar-refractivity contribution is 6.30. The number of aromatic nitrogens is 2. The van der Waals surface area contributed by atoms with E-state index in [2.05, 4.69) is 15.3 Å². The number of carbonyl (C=O) groups is 1. The van der Waals surface area contributed by atoms with Crippen molar-refractivity contribution in [2.45, 2.75) is 6.92 Å². The minimum absolute atomic E-state index is 0.288. The number of aryl methyl sites for hydroxylation is 1. The number of hydrogen-bond donors (Lipinski definition) is 1. The second-order valence-electron chi connectivity index (χ2n) is 3.48. The van der Waals surface area contributed by atoms with E-state index in [4.69, 9.17) is 11.6 Å². The zero-order chi connectivity index (χ0) is 12.3. The van der Waals surface area contributed by atoms with Gasteiger partial charge in [0.2, 0.25) is 0 Å². The molecular weight excluding hydrogens is 238 g/mol. The summed E-state index contributed by atoms with van der Waals surface area (Å²) in [4.78, 5) is 19.9. The highest BCUT2D eigenvalue weighted by Crippen LogP contribution is 2.10. The Bertz CT molecular complexity index is 540. The maximum atomic E-state index is 11.8. The number of nitrogens with one attached hydrogen (secondary N) is 1. The van der Waals surface area contributed by atoms with Gasteiger partial charge in [-0.3, -0.25) is 4.79 Å². The molecule has 2 aromatic rings. The molecule has 0 aliphatic carbocycles. The van der Waals surface area contributed by atoms with Gasteiger partial charge in [0.15, 0.2) is 0 Å². The van der Waals surface area contributed by atoms with Crippen LogP contribution in [0.3, 0.4) is 0 Å². The Hall–Kier alpha value is -1.94. The fraction of sp³-hybridized carbons (Fsp3) is 0.0833. The zero-order valence-electron chi connectivity index (χ0n) is 9.14. The van der Waals surface area contributed by atoms with E-state index in [1.54, 1.807) is 24.3 Å². The zero-order valence-corrected chi connectivity index (χ0v) is 9.90. The molecule has 17 heavy (non-hydrogen) atoms. The summed E-state index contributed by atoms with van der Waals surface area (Å²) in [5, 5.41) is 3.17. The first-order chi connectivity index (χ1) is 8.15. The Kier molecular flexibility index (Phi) is 3.35. The summed E-state index contributed by atoms with van der Waals surface area (Å²) >= 11 is 5.70. The number of hydrogen-bond acceptors (Lipinski definition) is 3. The van der Waals surface area contributed by atoms with Crippen LogP contribution in [0.1, 0.15) is 16.2 Å². The highest BCUT2D eigenvalue weighted by atomic mass is 35.5. The molecule has 2 aromatic heterocycles. The molecule has 0 unspecified atom stereocenters. The van der Waals surface area contributed by atoms with Crippen molar-refractivity contribution in [1.82, 2.24) is 9.97 Å². The van der Waals surface area contributed by atoms with E-state index in [0.29, 0.717) is 16.5 Å². The summed E-state index contributed by atoms with van der Waals surface area (Å²) in [5.41, 5.74) is 1.16. The van der Waals surface area contributed by atoms with Gasteiger partial charge in [-0.15, -0.1) is 0 Å². The monoisotopic (exact) mass is 247 g/mol. The molecule has 0 atom stereocenters. The van der Waals surface area contributed by atoms with Gasteiger partial charge in [-0.2, -0.15) is 0 Å². The molecule has 0 saturated heterocycles. The number of carbonyl (C=O) groups excluding carboxylic acids is 1. The molecule has 2 rings (SSSR count). The Labute approximate surface area is 104 Å². The number of amides is 1. The van der Waals surface area contributed by atoms with Crippen LogP contribution in [0.5, 0.6) is 0 Å². The normalized spacial score (nSPS) is 10.0. The first kappa shape index (κ1) is 11.5. The van der Waals surface area contributed by atoms with E-state index in [0.717, 1.165) is 5.69 Å². The molecule has 0 aromatic carbocycles. The average Bonchev–Trinajstić information content (AvgIpc) is 2.32. The number of halogens is 1. The number of anilines is 1. The van der Waals surface area contributed by atoms with Gasteiger partial charge in [0.25, 0.3) is 5.91 Å². The van der Waals surface area contributed by atoms with Gasteiger partial charge in [-0.05, 0) is 31.2 Å². The molecule has 0 bridgehead atoms. The lowest BCUT2D eigenvalue weighted by molar-refractivity contribution is 0.102. The Morgan fingerprint density at radius 1 is 1.29 bits per heavy atom. The van der Waals surface area contributed by atoms with E-state index in [-0.39, 0.29) is 5.91 Å². The van der Waals surface area contributed by atoms with Crippen molar-refractivity contribution < 1.29 is 4.79 Å². The summed E-state index contributed by atoms with van der Waals surface area (Å²) in [6.07, 6.45) is 1.47. The van der Waals surface area contributed by atoms with Crippen LogP contribution in [0.2, 0.25) is 5.02 Å². The Balaban J connectivity index is 2.14. The van der Waals surface area contributed by atoms with E-state index in [9.17, 15) is 4.79 Å². The van der Waals surface area contributed by atoms with Crippen molar-refractivity contribution >= 4 is 23.3 Å². The summed E-state index contributed by atoms with van der Waals surface area (Å²) in [6, 6.07) is 8.56. The molecule has 0 radical (unpaired) electrons. The van der Waals surface area contributed by atoms with Gasteiger partial charge >= 0.3 is 0 Å². The molecule has 1 amide bonds. The van der Waals surface area contributed by atoms with Crippen LogP contribution < -0.4 is 5.32 Å². The highest BCUT2D eigenvalue weighted by Gasteiger charge is 2.07. The third-order valence-corrected chi connectivity index (χ3v) is 2.31. The summed E-state index contributed by atoms with van der Waals surface area (Å²) < 4.78 is 0. The van der Waals surface area contributed by atoms with Gasteiger partial charge in [-0.25, -0.2) is 9.97 Å². The third kappa shape index (κ3) is 3.01. The van der Waals surface area contributed by atoms with Crippen molar-refractivity contribution in [2.75, 3.05) is 5.32 Å². The largest absolute Gasteiger partial charge is 0.305 e. The summed E-state index contributed by atoms with van der Waals surface area (Å²) in [7, 11) is 0. The first-order valence-electron chi connectivity index (χ1n) is 5.02. The molecular formula is C12H10ClN3O. The quantitative estimate of drug-likeness (QED) is 0.888.